The van der Waals surface area contributed by atoms with Crippen LogP contribution in [0.15, 0.2) is 24.3 Å². The third kappa shape index (κ3) is 5.62. The number of nitrogens with zero attached hydrogens (tertiary/aromatic N) is 1. The number of rotatable bonds is 8. The zero-order valence-electron chi connectivity index (χ0n) is 12.9. The topological polar surface area (TPSA) is 24.5 Å². The summed E-state index contributed by atoms with van der Waals surface area (Å²) in [5, 5.41) is 3.42. The van der Waals surface area contributed by atoms with Gasteiger partial charge in [-0.2, -0.15) is 0 Å². The van der Waals surface area contributed by atoms with Crippen molar-refractivity contribution >= 4 is 5.69 Å². The van der Waals surface area contributed by atoms with E-state index >= 15 is 0 Å². The van der Waals surface area contributed by atoms with Crippen molar-refractivity contribution in [1.82, 2.24) is 5.32 Å². The second-order valence-electron chi connectivity index (χ2n) is 5.21. The minimum absolute atomic E-state index is 0.303. The Morgan fingerprint density at radius 2 is 1.79 bits per heavy atom. The first-order valence-electron chi connectivity index (χ1n) is 7.20. The molecule has 1 rings (SSSR count). The fraction of sp³-hybridized carbons (Fsp3) is 0.625. The van der Waals surface area contributed by atoms with Gasteiger partial charge in [-0.05, 0) is 45.0 Å². The summed E-state index contributed by atoms with van der Waals surface area (Å²) in [5.74, 6) is 0. The maximum absolute atomic E-state index is 5.58. The van der Waals surface area contributed by atoms with E-state index in [9.17, 15) is 0 Å². The summed E-state index contributed by atoms with van der Waals surface area (Å²) in [6.07, 6.45) is 0.303. The molecule has 3 heteroatoms. The van der Waals surface area contributed by atoms with E-state index in [1.807, 2.05) is 0 Å². The monoisotopic (exact) mass is 264 g/mol. The maximum Gasteiger partial charge on any atom is 0.0644 e. The van der Waals surface area contributed by atoms with Crippen LogP contribution in [0.2, 0.25) is 0 Å². The minimum atomic E-state index is 0.303. The van der Waals surface area contributed by atoms with Crippen LogP contribution in [0.5, 0.6) is 0 Å². The van der Waals surface area contributed by atoms with Gasteiger partial charge in [-0.25, -0.2) is 0 Å². The predicted octanol–water partition coefficient (Wildman–Crippen LogP) is 3.22. The quantitative estimate of drug-likeness (QED) is 0.780. The molecule has 0 aliphatic rings. The van der Waals surface area contributed by atoms with Crippen LogP contribution in [-0.2, 0) is 4.74 Å². The smallest absolute Gasteiger partial charge is 0.0644 e. The number of benzene rings is 1. The highest BCUT2D eigenvalue weighted by molar-refractivity contribution is 5.47. The highest BCUT2D eigenvalue weighted by Crippen LogP contribution is 2.18. The van der Waals surface area contributed by atoms with Crippen molar-refractivity contribution in [2.75, 3.05) is 31.6 Å². The molecule has 108 valence electrons. The molecule has 0 aromatic heterocycles. The molecule has 1 unspecified atom stereocenters. The molecule has 1 aromatic carbocycles. The number of anilines is 1. The van der Waals surface area contributed by atoms with Crippen molar-refractivity contribution in [3.05, 3.63) is 29.8 Å². The van der Waals surface area contributed by atoms with E-state index in [1.165, 1.54) is 11.3 Å². The van der Waals surface area contributed by atoms with E-state index < -0.39 is 0 Å². The van der Waals surface area contributed by atoms with Crippen LogP contribution in [0.4, 0.5) is 5.69 Å². The van der Waals surface area contributed by atoms with Crippen LogP contribution < -0.4 is 10.2 Å². The van der Waals surface area contributed by atoms with Gasteiger partial charge >= 0.3 is 0 Å². The molecule has 0 radical (unpaired) electrons. The highest BCUT2D eigenvalue weighted by Gasteiger charge is 2.05. The van der Waals surface area contributed by atoms with Gasteiger partial charge in [0, 0.05) is 25.3 Å². The second kappa shape index (κ2) is 8.18. The van der Waals surface area contributed by atoms with E-state index in [-0.39, 0.29) is 0 Å². The van der Waals surface area contributed by atoms with Gasteiger partial charge in [0.2, 0.25) is 0 Å². The predicted molar refractivity (Wildman–Crippen MR) is 82.9 cm³/mol. The van der Waals surface area contributed by atoms with E-state index in [1.54, 1.807) is 0 Å². The van der Waals surface area contributed by atoms with E-state index in [0.717, 1.165) is 19.7 Å². The molecule has 1 atom stereocenters. The fourth-order valence-corrected chi connectivity index (χ4v) is 2.00. The Morgan fingerprint density at radius 1 is 1.16 bits per heavy atom. The number of likely N-dealkylation sites (N-methyl/N-ethyl adjacent to an activating group) is 1. The van der Waals surface area contributed by atoms with Crippen LogP contribution in [0.1, 0.15) is 39.3 Å². The first-order chi connectivity index (χ1) is 9.04. The first kappa shape index (κ1) is 16.0. The van der Waals surface area contributed by atoms with Crippen molar-refractivity contribution in [1.29, 1.82) is 0 Å². The molecule has 0 bridgehead atoms. The van der Waals surface area contributed by atoms with Gasteiger partial charge in [0.1, 0.15) is 0 Å². The molecule has 0 aliphatic carbocycles. The minimum Gasteiger partial charge on any atom is -0.377 e. The van der Waals surface area contributed by atoms with Gasteiger partial charge in [-0.15, -0.1) is 0 Å². The van der Waals surface area contributed by atoms with Crippen molar-refractivity contribution in [3.63, 3.8) is 0 Å². The van der Waals surface area contributed by atoms with Gasteiger partial charge in [-0.1, -0.05) is 19.1 Å². The Labute approximate surface area is 118 Å². The van der Waals surface area contributed by atoms with Crippen LogP contribution in [0.3, 0.4) is 0 Å². The Balaban J connectivity index is 2.50. The van der Waals surface area contributed by atoms with Gasteiger partial charge in [0.05, 0.1) is 12.7 Å². The molecule has 1 N–H and O–H groups in total. The maximum atomic E-state index is 5.58. The first-order valence-corrected chi connectivity index (χ1v) is 7.20. The third-order valence-corrected chi connectivity index (χ3v) is 3.22. The largest absolute Gasteiger partial charge is 0.377 e. The second-order valence-corrected chi connectivity index (χ2v) is 5.21. The van der Waals surface area contributed by atoms with Gasteiger partial charge in [0.25, 0.3) is 0 Å². The lowest BCUT2D eigenvalue weighted by Gasteiger charge is -2.21. The van der Waals surface area contributed by atoms with Crippen molar-refractivity contribution in [2.24, 2.45) is 0 Å². The summed E-state index contributed by atoms with van der Waals surface area (Å²) < 4.78 is 5.58. The van der Waals surface area contributed by atoms with Crippen molar-refractivity contribution in [2.45, 2.75) is 39.8 Å². The summed E-state index contributed by atoms with van der Waals surface area (Å²) in [6.45, 7) is 11.1. The Hall–Kier alpha value is -1.06. The van der Waals surface area contributed by atoms with Gasteiger partial charge in [-0.3, -0.25) is 0 Å². The molecule has 0 aliphatic heterocycles. The lowest BCUT2D eigenvalue weighted by Crippen LogP contribution is -2.24. The zero-order chi connectivity index (χ0) is 14.3. The van der Waals surface area contributed by atoms with E-state index in [0.29, 0.717) is 12.1 Å². The molecular weight excluding hydrogens is 236 g/mol. The molecule has 0 saturated heterocycles. The summed E-state index contributed by atoms with van der Waals surface area (Å²) in [6, 6.07) is 9.16. The van der Waals surface area contributed by atoms with Crippen molar-refractivity contribution in [3.8, 4) is 0 Å². The average molecular weight is 264 g/mol. The van der Waals surface area contributed by atoms with Crippen LogP contribution in [0, 0.1) is 0 Å². The number of nitrogens with one attached hydrogen (secondary N) is 1. The van der Waals surface area contributed by atoms with Gasteiger partial charge in [0.15, 0.2) is 0 Å². The molecule has 0 saturated carbocycles. The highest BCUT2D eigenvalue weighted by atomic mass is 16.5. The molecule has 0 fully saturated rings. The molecule has 19 heavy (non-hydrogen) atoms. The standard InChI is InChI=1S/C16H28N2O/c1-6-17-14(4)15-7-9-16(10-8-15)18(5)11-12-19-13(2)3/h7-10,13-14,17H,6,11-12H2,1-5H3. The van der Waals surface area contributed by atoms with Crippen molar-refractivity contribution < 1.29 is 4.74 Å². The summed E-state index contributed by atoms with van der Waals surface area (Å²) in [7, 11) is 2.10. The molecule has 0 amide bonds. The fourth-order valence-electron chi connectivity index (χ4n) is 2.00. The van der Waals surface area contributed by atoms with Crippen LogP contribution >= 0.6 is 0 Å². The Bertz CT molecular complexity index is 348. The SMILES string of the molecule is CCNC(C)c1ccc(N(C)CCOC(C)C)cc1. The lowest BCUT2D eigenvalue weighted by atomic mass is 10.1. The summed E-state index contributed by atoms with van der Waals surface area (Å²) >= 11 is 0. The molecule has 0 heterocycles. The zero-order valence-corrected chi connectivity index (χ0v) is 12.9. The normalized spacial score (nSPS) is 12.7. The lowest BCUT2D eigenvalue weighted by molar-refractivity contribution is 0.0846. The van der Waals surface area contributed by atoms with E-state index in [4.69, 9.17) is 4.74 Å². The van der Waals surface area contributed by atoms with E-state index in [2.05, 4.69) is 69.2 Å². The average Bonchev–Trinajstić information content (AvgIpc) is 2.38. The van der Waals surface area contributed by atoms with Crippen LogP contribution in [-0.4, -0.2) is 32.8 Å². The number of ether oxygens (including phenoxy) is 1. The number of hydrogen-bond donors (Lipinski definition) is 1. The third-order valence-electron chi connectivity index (χ3n) is 3.22. The molecule has 0 spiro atoms. The van der Waals surface area contributed by atoms with Gasteiger partial charge < -0.3 is 15.0 Å². The molecule has 1 aromatic rings. The number of hydrogen-bond acceptors (Lipinski definition) is 3. The molecule has 3 nitrogen and oxygen atoms in total. The Kier molecular flexibility index (Phi) is 6.89. The summed E-state index contributed by atoms with van der Waals surface area (Å²) in [4.78, 5) is 2.23. The molecular formula is C16H28N2O. The summed E-state index contributed by atoms with van der Waals surface area (Å²) in [5.41, 5.74) is 2.57. The Morgan fingerprint density at radius 3 is 2.32 bits per heavy atom. The van der Waals surface area contributed by atoms with Crippen LogP contribution in [0.25, 0.3) is 0 Å².